The number of rotatable bonds is 8. The number of nitrogens with zero attached hydrogens (tertiary/aromatic N) is 1. The summed E-state index contributed by atoms with van der Waals surface area (Å²) in [5.74, 6) is 0.855. The molecule has 0 amide bonds. The van der Waals surface area contributed by atoms with Gasteiger partial charge in [0.05, 0.1) is 18.5 Å². The molecular formula is C16H21N3O2. The summed E-state index contributed by atoms with van der Waals surface area (Å²) in [6.45, 7) is 2.03. The van der Waals surface area contributed by atoms with E-state index in [2.05, 4.69) is 27.6 Å². The molecule has 2 N–H and O–H groups in total. The van der Waals surface area contributed by atoms with Gasteiger partial charge in [-0.05, 0) is 37.1 Å². The molecule has 0 aliphatic heterocycles. The maximum absolute atomic E-state index is 5.57. The molecule has 1 aromatic carbocycles. The number of nitrogens with one attached hydrogen (secondary N) is 2. The van der Waals surface area contributed by atoms with E-state index in [0.29, 0.717) is 19.3 Å². The predicted molar refractivity (Wildman–Crippen MR) is 81.3 cm³/mol. The van der Waals surface area contributed by atoms with Gasteiger partial charge < -0.3 is 14.8 Å². The highest BCUT2D eigenvalue weighted by Gasteiger charge is 2.20. The molecule has 2 aromatic rings. The van der Waals surface area contributed by atoms with Crippen LogP contribution in [0.15, 0.2) is 30.5 Å². The van der Waals surface area contributed by atoms with Crippen molar-refractivity contribution in [3.8, 4) is 17.0 Å². The quantitative estimate of drug-likeness (QED) is 0.732. The Morgan fingerprint density at radius 1 is 1.24 bits per heavy atom. The Balaban J connectivity index is 1.64. The Kier molecular flexibility index (Phi) is 4.52. The molecule has 0 atom stereocenters. The van der Waals surface area contributed by atoms with Crippen LogP contribution in [0, 0.1) is 0 Å². The van der Waals surface area contributed by atoms with Crippen LogP contribution in [-0.2, 0) is 11.3 Å². The molecule has 0 saturated heterocycles. The lowest BCUT2D eigenvalue weighted by atomic mass is 10.1. The SMILES string of the molecule is COCCOc1ccc(-c2[nH]ncc2CNC2CC2)cc1. The zero-order valence-corrected chi connectivity index (χ0v) is 12.3. The number of aromatic nitrogens is 2. The van der Waals surface area contributed by atoms with E-state index in [4.69, 9.17) is 9.47 Å². The highest BCUT2D eigenvalue weighted by molar-refractivity contribution is 5.63. The molecule has 21 heavy (non-hydrogen) atoms. The molecule has 5 heteroatoms. The topological polar surface area (TPSA) is 59.2 Å². The second kappa shape index (κ2) is 6.74. The van der Waals surface area contributed by atoms with E-state index >= 15 is 0 Å². The van der Waals surface area contributed by atoms with E-state index in [1.807, 2.05) is 18.3 Å². The number of benzene rings is 1. The third kappa shape index (κ3) is 3.83. The first-order valence-corrected chi connectivity index (χ1v) is 7.34. The molecule has 1 fully saturated rings. The number of H-pyrrole nitrogens is 1. The second-order valence-corrected chi connectivity index (χ2v) is 5.29. The van der Waals surface area contributed by atoms with Crippen LogP contribution in [0.1, 0.15) is 18.4 Å². The Labute approximate surface area is 124 Å². The lowest BCUT2D eigenvalue weighted by Gasteiger charge is -2.07. The number of aromatic amines is 1. The van der Waals surface area contributed by atoms with Crippen molar-refractivity contribution in [2.75, 3.05) is 20.3 Å². The minimum atomic E-state index is 0.566. The van der Waals surface area contributed by atoms with Crippen molar-refractivity contribution in [2.24, 2.45) is 0 Å². The van der Waals surface area contributed by atoms with Crippen molar-refractivity contribution in [3.63, 3.8) is 0 Å². The summed E-state index contributed by atoms with van der Waals surface area (Å²) in [6.07, 6.45) is 4.48. The molecule has 1 saturated carbocycles. The van der Waals surface area contributed by atoms with Gasteiger partial charge in [0.2, 0.25) is 0 Å². The fourth-order valence-corrected chi connectivity index (χ4v) is 2.20. The highest BCUT2D eigenvalue weighted by Crippen LogP contribution is 2.25. The van der Waals surface area contributed by atoms with Crippen LogP contribution in [0.5, 0.6) is 5.75 Å². The molecule has 1 heterocycles. The highest BCUT2D eigenvalue weighted by atomic mass is 16.5. The Hall–Kier alpha value is -1.85. The molecule has 1 aromatic heterocycles. The molecule has 0 radical (unpaired) electrons. The van der Waals surface area contributed by atoms with Gasteiger partial charge in [0.15, 0.2) is 0 Å². The lowest BCUT2D eigenvalue weighted by Crippen LogP contribution is -2.15. The summed E-state index contributed by atoms with van der Waals surface area (Å²) < 4.78 is 10.5. The fourth-order valence-electron chi connectivity index (χ4n) is 2.20. The molecule has 1 aliphatic rings. The monoisotopic (exact) mass is 287 g/mol. The first-order chi connectivity index (χ1) is 10.4. The van der Waals surface area contributed by atoms with Crippen LogP contribution >= 0.6 is 0 Å². The Morgan fingerprint density at radius 2 is 2.05 bits per heavy atom. The van der Waals surface area contributed by atoms with E-state index in [-0.39, 0.29) is 0 Å². The van der Waals surface area contributed by atoms with Gasteiger partial charge >= 0.3 is 0 Å². The van der Waals surface area contributed by atoms with E-state index < -0.39 is 0 Å². The van der Waals surface area contributed by atoms with E-state index in [1.54, 1.807) is 7.11 Å². The first kappa shape index (κ1) is 14.1. The molecular weight excluding hydrogens is 266 g/mol. The molecule has 1 aliphatic carbocycles. The average Bonchev–Trinajstić information content (AvgIpc) is 3.23. The summed E-state index contributed by atoms with van der Waals surface area (Å²) in [4.78, 5) is 0. The summed E-state index contributed by atoms with van der Waals surface area (Å²) in [6, 6.07) is 8.75. The summed E-state index contributed by atoms with van der Waals surface area (Å²) in [5, 5.41) is 10.8. The summed E-state index contributed by atoms with van der Waals surface area (Å²) in [5.41, 5.74) is 3.40. The van der Waals surface area contributed by atoms with Gasteiger partial charge in [0.1, 0.15) is 12.4 Å². The predicted octanol–water partition coefficient (Wildman–Crippen LogP) is 2.35. The van der Waals surface area contributed by atoms with Crippen LogP contribution in [0.2, 0.25) is 0 Å². The van der Waals surface area contributed by atoms with Crippen molar-refractivity contribution in [2.45, 2.75) is 25.4 Å². The minimum absolute atomic E-state index is 0.566. The van der Waals surface area contributed by atoms with Crippen LogP contribution in [0.25, 0.3) is 11.3 Å². The van der Waals surface area contributed by atoms with Crippen molar-refractivity contribution >= 4 is 0 Å². The van der Waals surface area contributed by atoms with Crippen LogP contribution < -0.4 is 10.1 Å². The zero-order chi connectivity index (χ0) is 14.5. The standard InChI is InChI=1S/C16H21N3O2/c1-20-8-9-21-15-6-2-12(3-7-15)16-13(11-18-19-16)10-17-14-4-5-14/h2-3,6-7,11,14,17H,4-5,8-10H2,1H3,(H,18,19). The van der Waals surface area contributed by atoms with Gasteiger partial charge in [0, 0.05) is 30.8 Å². The maximum atomic E-state index is 5.57. The van der Waals surface area contributed by atoms with Crippen LogP contribution in [0.3, 0.4) is 0 Å². The van der Waals surface area contributed by atoms with Crippen molar-refractivity contribution in [1.29, 1.82) is 0 Å². The van der Waals surface area contributed by atoms with Gasteiger partial charge in [-0.1, -0.05) is 0 Å². The fraction of sp³-hybridized carbons (Fsp3) is 0.438. The van der Waals surface area contributed by atoms with E-state index in [9.17, 15) is 0 Å². The normalized spacial score (nSPS) is 14.3. The number of methoxy groups -OCH3 is 1. The lowest BCUT2D eigenvalue weighted by molar-refractivity contribution is 0.146. The van der Waals surface area contributed by atoms with Crippen LogP contribution in [0.4, 0.5) is 0 Å². The van der Waals surface area contributed by atoms with E-state index in [0.717, 1.165) is 23.6 Å². The Morgan fingerprint density at radius 3 is 2.76 bits per heavy atom. The van der Waals surface area contributed by atoms with Gasteiger partial charge in [-0.3, -0.25) is 5.10 Å². The third-order valence-electron chi connectivity index (χ3n) is 3.58. The third-order valence-corrected chi connectivity index (χ3v) is 3.58. The molecule has 0 bridgehead atoms. The smallest absolute Gasteiger partial charge is 0.119 e. The second-order valence-electron chi connectivity index (χ2n) is 5.29. The Bertz CT molecular complexity index is 561. The first-order valence-electron chi connectivity index (χ1n) is 7.34. The summed E-state index contributed by atoms with van der Waals surface area (Å²) in [7, 11) is 1.67. The number of hydrogen-bond donors (Lipinski definition) is 2. The van der Waals surface area contributed by atoms with Gasteiger partial charge in [-0.2, -0.15) is 5.10 Å². The molecule has 112 valence electrons. The summed E-state index contributed by atoms with van der Waals surface area (Å²) >= 11 is 0. The molecule has 5 nitrogen and oxygen atoms in total. The average molecular weight is 287 g/mol. The van der Waals surface area contributed by atoms with Gasteiger partial charge in [0.25, 0.3) is 0 Å². The van der Waals surface area contributed by atoms with E-state index in [1.165, 1.54) is 18.4 Å². The largest absolute Gasteiger partial charge is 0.491 e. The molecule has 0 spiro atoms. The van der Waals surface area contributed by atoms with Gasteiger partial charge in [-0.25, -0.2) is 0 Å². The van der Waals surface area contributed by atoms with Crippen LogP contribution in [-0.4, -0.2) is 36.6 Å². The van der Waals surface area contributed by atoms with Crippen molar-refractivity contribution in [1.82, 2.24) is 15.5 Å². The number of hydrogen-bond acceptors (Lipinski definition) is 4. The number of ether oxygens (including phenoxy) is 2. The maximum Gasteiger partial charge on any atom is 0.119 e. The molecule has 0 unspecified atom stereocenters. The van der Waals surface area contributed by atoms with Crippen molar-refractivity contribution in [3.05, 3.63) is 36.0 Å². The van der Waals surface area contributed by atoms with Crippen molar-refractivity contribution < 1.29 is 9.47 Å². The minimum Gasteiger partial charge on any atom is -0.491 e. The van der Waals surface area contributed by atoms with Gasteiger partial charge in [-0.15, -0.1) is 0 Å². The molecule has 3 rings (SSSR count). The zero-order valence-electron chi connectivity index (χ0n) is 12.3.